The van der Waals surface area contributed by atoms with E-state index >= 15 is 0 Å². The van der Waals surface area contributed by atoms with Crippen LogP contribution in [0.1, 0.15) is 16.8 Å². The van der Waals surface area contributed by atoms with Gasteiger partial charge in [0.1, 0.15) is 5.75 Å². The highest BCUT2D eigenvalue weighted by Crippen LogP contribution is 2.38. The number of carbonyl (C=O) groups excluding carboxylic acids is 3. The highest BCUT2D eigenvalue weighted by molar-refractivity contribution is 6.00. The molecule has 0 saturated heterocycles. The minimum atomic E-state index is -1.02. The normalized spacial score (nSPS) is 14.5. The van der Waals surface area contributed by atoms with Crippen molar-refractivity contribution in [2.45, 2.75) is 12.5 Å². The van der Waals surface area contributed by atoms with E-state index in [-0.39, 0.29) is 12.0 Å². The standard InChI is InChI=1S/C20H21N3O7/c1-27-14-8-11(9-15(28-2)18(14)29-3)19(25)23-22-17(24)10-16-20(26)21-12-6-4-5-7-13(12)30-16/h4-9,16H,10H2,1-3H3,(H,21,26)(H,22,24)(H,23,25)/t16-/m1/s1. The fourth-order valence-electron chi connectivity index (χ4n) is 2.86. The Bertz CT molecular complexity index is 952. The Morgan fingerprint density at radius 3 is 2.33 bits per heavy atom. The van der Waals surface area contributed by atoms with Crippen molar-refractivity contribution in [2.24, 2.45) is 0 Å². The summed E-state index contributed by atoms with van der Waals surface area (Å²) in [6.07, 6.45) is -1.30. The van der Waals surface area contributed by atoms with Crippen molar-refractivity contribution in [3.05, 3.63) is 42.0 Å². The lowest BCUT2D eigenvalue weighted by Gasteiger charge is -2.25. The monoisotopic (exact) mass is 415 g/mol. The number of ether oxygens (including phenoxy) is 4. The molecule has 0 saturated carbocycles. The van der Waals surface area contributed by atoms with Gasteiger partial charge in [-0.05, 0) is 24.3 Å². The van der Waals surface area contributed by atoms with Crippen LogP contribution in [0.3, 0.4) is 0 Å². The van der Waals surface area contributed by atoms with Crippen LogP contribution in [0.25, 0.3) is 0 Å². The van der Waals surface area contributed by atoms with Gasteiger partial charge in [-0.25, -0.2) is 0 Å². The van der Waals surface area contributed by atoms with E-state index in [4.69, 9.17) is 18.9 Å². The maximum Gasteiger partial charge on any atom is 0.269 e. The first-order valence-electron chi connectivity index (χ1n) is 8.92. The summed E-state index contributed by atoms with van der Waals surface area (Å²) in [5, 5.41) is 2.67. The number of amides is 3. The van der Waals surface area contributed by atoms with Crippen molar-refractivity contribution in [3.8, 4) is 23.0 Å². The van der Waals surface area contributed by atoms with E-state index in [0.29, 0.717) is 28.7 Å². The van der Waals surface area contributed by atoms with E-state index in [1.807, 2.05) is 0 Å². The number of hydrogen-bond donors (Lipinski definition) is 3. The van der Waals surface area contributed by atoms with Crippen molar-refractivity contribution < 1.29 is 33.3 Å². The second kappa shape index (κ2) is 9.03. The van der Waals surface area contributed by atoms with Gasteiger partial charge in [0.15, 0.2) is 17.6 Å². The minimum Gasteiger partial charge on any atom is -0.493 e. The fourth-order valence-corrected chi connectivity index (χ4v) is 2.86. The Hall–Kier alpha value is -3.95. The summed E-state index contributed by atoms with van der Waals surface area (Å²) < 4.78 is 21.2. The molecular weight excluding hydrogens is 394 g/mol. The summed E-state index contributed by atoms with van der Waals surface area (Å²) in [4.78, 5) is 36.7. The van der Waals surface area contributed by atoms with Crippen LogP contribution >= 0.6 is 0 Å². The molecule has 0 radical (unpaired) electrons. The number of fused-ring (bicyclic) bond motifs is 1. The van der Waals surface area contributed by atoms with Crippen LogP contribution in [0.2, 0.25) is 0 Å². The molecule has 0 bridgehead atoms. The molecule has 3 rings (SSSR count). The molecule has 0 fully saturated rings. The van der Waals surface area contributed by atoms with Crippen molar-refractivity contribution in [1.29, 1.82) is 0 Å². The molecule has 1 heterocycles. The van der Waals surface area contributed by atoms with Gasteiger partial charge in [0.05, 0.1) is 33.4 Å². The van der Waals surface area contributed by atoms with Crippen LogP contribution in [0.4, 0.5) is 5.69 Å². The summed E-state index contributed by atoms with van der Waals surface area (Å²) in [6.45, 7) is 0. The topological polar surface area (TPSA) is 124 Å². The molecule has 3 N–H and O–H groups in total. The average molecular weight is 415 g/mol. The second-order valence-electron chi connectivity index (χ2n) is 6.21. The van der Waals surface area contributed by atoms with E-state index < -0.39 is 23.8 Å². The van der Waals surface area contributed by atoms with Gasteiger partial charge < -0.3 is 24.3 Å². The Kier molecular flexibility index (Phi) is 6.26. The number of carbonyl (C=O) groups is 3. The maximum absolute atomic E-state index is 12.4. The van der Waals surface area contributed by atoms with Crippen LogP contribution < -0.4 is 35.1 Å². The Morgan fingerprint density at radius 2 is 1.70 bits per heavy atom. The lowest BCUT2D eigenvalue weighted by Crippen LogP contribution is -2.46. The minimum absolute atomic E-state index is 0.172. The molecule has 1 aliphatic rings. The van der Waals surface area contributed by atoms with Gasteiger partial charge in [0.25, 0.3) is 11.8 Å². The molecule has 0 aliphatic carbocycles. The molecule has 1 aliphatic heterocycles. The van der Waals surface area contributed by atoms with Gasteiger partial charge in [-0.2, -0.15) is 0 Å². The summed E-state index contributed by atoms with van der Waals surface area (Å²) in [5.41, 5.74) is 5.26. The molecule has 0 unspecified atom stereocenters. The smallest absolute Gasteiger partial charge is 0.269 e. The number of nitrogens with one attached hydrogen (secondary N) is 3. The average Bonchev–Trinajstić information content (AvgIpc) is 2.76. The van der Waals surface area contributed by atoms with Crippen LogP contribution in [0.5, 0.6) is 23.0 Å². The van der Waals surface area contributed by atoms with Crippen molar-refractivity contribution in [3.63, 3.8) is 0 Å². The van der Waals surface area contributed by atoms with E-state index in [2.05, 4.69) is 16.2 Å². The molecule has 158 valence electrons. The van der Waals surface area contributed by atoms with E-state index in [0.717, 1.165) is 0 Å². The first-order valence-corrected chi connectivity index (χ1v) is 8.92. The van der Waals surface area contributed by atoms with Gasteiger partial charge in [0.2, 0.25) is 11.7 Å². The second-order valence-corrected chi connectivity index (χ2v) is 6.21. The third-order valence-corrected chi connectivity index (χ3v) is 4.32. The number of benzene rings is 2. The summed E-state index contributed by atoms with van der Waals surface area (Å²) in [6, 6.07) is 9.78. The van der Waals surface area contributed by atoms with E-state index in [1.165, 1.54) is 33.5 Å². The van der Waals surface area contributed by atoms with Gasteiger partial charge in [-0.1, -0.05) is 12.1 Å². The molecule has 2 aromatic rings. The van der Waals surface area contributed by atoms with Crippen molar-refractivity contribution in [2.75, 3.05) is 26.6 Å². The predicted molar refractivity (Wildman–Crippen MR) is 106 cm³/mol. The highest BCUT2D eigenvalue weighted by atomic mass is 16.5. The Morgan fingerprint density at radius 1 is 1.03 bits per heavy atom. The summed E-state index contributed by atoms with van der Waals surface area (Å²) in [5.74, 6) is -0.270. The molecule has 10 nitrogen and oxygen atoms in total. The van der Waals surface area contributed by atoms with Crippen LogP contribution in [0.15, 0.2) is 36.4 Å². The number of rotatable bonds is 6. The molecule has 10 heteroatoms. The SMILES string of the molecule is COc1cc(C(=O)NNC(=O)C[C@H]2Oc3ccccc3NC2=O)cc(OC)c1OC. The van der Waals surface area contributed by atoms with Gasteiger partial charge in [0, 0.05) is 5.56 Å². The van der Waals surface area contributed by atoms with Crippen molar-refractivity contribution >= 4 is 23.4 Å². The number of anilines is 1. The largest absolute Gasteiger partial charge is 0.493 e. The highest BCUT2D eigenvalue weighted by Gasteiger charge is 2.29. The molecular formula is C20H21N3O7. The predicted octanol–water partition coefficient (Wildman–Crippen LogP) is 1.26. The van der Waals surface area contributed by atoms with Crippen LogP contribution in [-0.4, -0.2) is 45.2 Å². The number of hydrazine groups is 1. The van der Waals surface area contributed by atoms with E-state index in [9.17, 15) is 14.4 Å². The molecule has 1 atom stereocenters. The number of para-hydroxylation sites is 2. The molecule has 0 aromatic heterocycles. The molecule has 3 amide bonds. The zero-order valence-corrected chi connectivity index (χ0v) is 16.6. The van der Waals surface area contributed by atoms with Gasteiger partial charge in [-0.15, -0.1) is 0 Å². The Balaban J connectivity index is 1.61. The molecule has 30 heavy (non-hydrogen) atoms. The van der Waals surface area contributed by atoms with Gasteiger partial charge >= 0.3 is 0 Å². The first kappa shape index (κ1) is 20.8. The van der Waals surface area contributed by atoms with Crippen LogP contribution in [0, 0.1) is 0 Å². The van der Waals surface area contributed by atoms with Crippen molar-refractivity contribution in [1.82, 2.24) is 10.9 Å². The third-order valence-electron chi connectivity index (χ3n) is 4.32. The van der Waals surface area contributed by atoms with E-state index in [1.54, 1.807) is 24.3 Å². The molecule has 2 aromatic carbocycles. The fraction of sp³-hybridized carbons (Fsp3) is 0.250. The number of hydrogen-bond acceptors (Lipinski definition) is 7. The molecule has 0 spiro atoms. The maximum atomic E-state index is 12.4. The lowest BCUT2D eigenvalue weighted by atomic mass is 10.1. The lowest BCUT2D eigenvalue weighted by molar-refractivity contribution is -0.130. The third kappa shape index (κ3) is 4.37. The van der Waals surface area contributed by atoms with Crippen LogP contribution in [-0.2, 0) is 9.59 Å². The van der Waals surface area contributed by atoms with Gasteiger partial charge in [-0.3, -0.25) is 25.2 Å². The number of methoxy groups -OCH3 is 3. The summed E-state index contributed by atoms with van der Waals surface area (Å²) in [7, 11) is 4.30. The Labute approximate surface area is 172 Å². The quantitative estimate of drug-likeness (QED) is 0.607. The zero-order valence-electron chi connectivity index (χ0n) is 16.6. The summed E-state index contributed by atoms with van der Waals surface area (Å²) >= 11 is 0. The first-order chi connectivity index (χ1) is 14.5. The zero-order chi connectivity index (χ0) is 21.7.